The van der Waals surface area contributed by atoms with Gasteiger partial charge < -0.3 is 5.32 Å². The summed E-state index contributed by atoms with van der Waals surface area (Å²) < 4.78 is 52.0. The van der Waals surface area contributed by atoms with E-state index >= 15 is 0 Å². The Labute approximate surface area is 134 Å². The summed E-state index contributed by atoms with van der Waals surface area (Å²) in [7, 11) is -3.91. The molecule has 0 unspecified atom stereocenters. The zero-order chi connectivity index (χ0) is 17.0. The molecule has 5 nitrogen and oxygen atoms in total. The summed E-state index contributed by atoms with van der Waals surface area (Å²) in [6, 6.07) is 3.23. The number of hydrogen-bond donors (Lipinski definition) is 1. The average Bonchev–Trinajstić information content (AvgIpc) is 2.93. The Bertz CT molecular complexity index is 653. The Morgan fingerprint density at radius 2 is 1.83 bits per heavy atom. The van der Waals surface area contributed by atoms with Crippen LogP contribution in [0.25, 0.3) is 0 Å². The van der Waals surface area contributed by atoms with E-state index in [-0.39, 0.29) is 24.9 Å². The van der Waals surface area contributed by atoms with Crippen molar-refractivity contribution < 1.29 is 22.0 Å². The number of hydrogen-bond acceptors (Lipinski definition) is 3. The number of rotatable bonds is 6. The van der Waals surface area contributed by atoms with Crippen LogP contribution in [0.5, 0.6) is 0 Å². The van der Waals surface area contributed by atoms with Crippen molar-refractivity contribution in [3.05, 3.63) is 29.8 Å². The standard InChI is InChI=1S/C15H20F2N2O3S/c1-23(21,22)19(15-12(16)7-4-8-13(15)17)10-9-14(20)18-11-5-2-3-6-11/h4,7-8,11H,2-3,5-6,9-10H2,1H3,(H,18,20). The lowest BCUT2D eigenvalue weighted by atomic mass is 10.2. The number of carbonyl (C=O) groups excluding carboxylic acids is 1. The molecule has 0 spiro atoms. The molecular weight excluding hydrogens is 326 g/mol. The van der Waals surface area contributed by atoms with Crippen molar-refractivity contribution in [2.45, 2.75) is 38.1 Å². The highest BCUT2D eigenvalue weighted by atomic mass is 32.2. The first-order valence-corrected chi connectivity index (χ1v) is 9.35. The van der Waals surface area contributed by atoms with Crippen LogP contribution in [0.2, 0.25) is 0 Å². The topological polar surface area (TPSA) is 66.5 Å². The van der Waals surface area contributed by atoms with E-state index in [9.17, 15) is 22.0 Å². The number of halogens is 2. The summed E-state index contributed by atoms with van der Waals surface area (Å²) in [6.07, 6.45) is 4.62. The Morgan fingerprint density at radius 1 is 1.26 bits per heavy atom. The van der Waals surface area contributed by atoms with Gasteiger partial charge in [0.15, 0.2) is 11.6 Å². The smallest absolute Gasteiger partial charge is 0.232 e. The lowest BCUT2D eigenvalue weighted by molar-refractivity contribution is -0.121. The highest BCUT2D eigenvalue weighted by Crippen LogP contribution is 2.25. The summed E-state index contributed by atoms with van der Waals surface area (Å²) in [5, 5.41) is 2.82. The molecular formula is C15H20F2N2O3S. The van der Waals surface area contributed by atoms with Gasteiger partial charge >= 0.3 is 0 Å². The minimum absolute atomic E-state index is 0.111. The number of carbonyl (C=O) groups is 1. The molecule has 0 atom stereocenters. The second kappa shape index (κ2) is 7.25. The SMILES string of the molecule is CS(=O)(=O)N(CCC(=O)NC1CCCC1)c1c(F)cccc1F. The highest BCUT2D eigenvalue weighted by molar-refractivity contribution is 7.92. The number of anilines is 1. The molecule has 1 aromatic rings. The monoisotopic (exact) mass is 346 g/mol. The Kier molecular flexibility index (Phi) is 5.56. The quantitative estimate of drug-likeness (QED) is 0.858. The molecule has 0 aliphatic heterocycles. The first-order valence-electron chi connectivity index (χ1n) is 7.50. The molecule has 128 valence electrons. The van der Waals surface area contributed by atoms with Crippen molar-refractivity contribution in [1.82, 2.24) is 5.32 Å². The van der Waals surface area contributed by atoms with Crippen LogP contribution >= 0.6 is 0 Å². The minimum Gasteiger partial charge on any atom is -0.353 e. The third kappa shape index (κ3) is 4.63. The van der Waals surface area contributed by atoms with Crippen LogP contribution in [0.1, 0.15) is 32.1 Å². The molecule has 1 amide bonds. The van der Waals surface area contributed by atoms with Gasteiger partial charge in [-0.15, -0.1) is 0 Å². The van der Waals surface area contributed by atoms with E-state index in [1.807, 2.05) is 0 Å². The summed E-state index contributed by atoms with van der Waals surface area (Å²) in [4.78, 5) is 11.9. The van der Waals surface area contributed by atoms with Crippen LogP contribution in [0.4, 0.5) is 14.5 Å². The molecule has 0 aromatic heterocycles. The highest BCUT2D eigenvalue weighted by Gasteiger charge is 2.25. The third-order valence-electron chi connectivity index (χ3n) is 3.85. The van der Waals surface area contributed by atoms with Crippen LogP contribution < -0.4 is 9.62 Å². The van der Waals surface area contributed by atoms with Gasteiger partial charge in [-0.2, -0.15) is 0 Å². The van der Waals surface area contributed by atoms with Gasteiger partial charge in [0.2, 0.25) is 15.9 Å². The maximum Gasteiger partial charge on any atom is 0.232 e. The second-order valence-corrected chi connectivity index (χ2v) is 7.61. The molecule has 0 saturated heterocycles. The molecule has 0 radical (unpaired) electrons. The van der Waals surface area contributed by atoms with E-state index < -0.39 is 27.3 Å². The first kappa shape index (κ1) is 17.7. The summed E-state index contributed by atoms with van der Waals surface area (Å²) in [5.41, 5.74) is -0.649. The predicted molar refractivity (Wildman–Crippen MR) is 83.6 cm³/mol. The lowest BCUT2D eigenvalue weighted by Gasteiger charge is -2.23. The van der Waals surface area contributed by atoms with E-state index in [2.05, 4.69) is 5.32 Å². The fourth-order valence-corrected chi connectivity index (χ4v) is 3.67. The van der Waals surface area contributed by atoms with Gasteiger partial charge in [0, 0.05) is 19.0 Å². The Balaban J connectivity index is 2.09. The first-order chi connectivity index (χ1) is 10.8. The van der Waals surface area contributed by atoms with Crippen molar-refractivity contribution in [3.8, 4) is 0 Å². The average molecular weight is 346 g/mol. The Hall–Kier alpha value is -1.70. The third-order valence-corrected chi connectivity index (χ3v) is 5.02. The van der Waals surface area contributed by atoms with Crippen LogP contribution in [0.15, 0.2) is 18.2 Å². The van der Waals surface area contributed by atoms with E-state index in [0.29, 0.717) is 4.31 Å². The largest absolute Gasteiger partial charge is 0.353 e. The minimum atomic E-state index is -3.91. The van der Waals surface area contributed by atoms with E-state index in [4.69, 9.17) is 0 Å². The van der Waals surface area contributed by atoms with Crippen LogP contribution in [-0.2, 0) is 14.8 Å². The van der Waals surface area contributed by atoms with Crippen molar-refractivity contribution >= 4 is 21.6 Å². The number of sulfonamides is 1. The summed E-state index contributed by atoms with van der Waals surface area (Å²) in [5.74, 6) is -2.28. The number of nitrogens with zero attached hydrogens (tertiary/aromatic N) is 1. The Morgan fingerprint density at radius 3 is 2.35 bits per heavy atom. The van der Waals surface area contributed by atoms with Crippen molar-refractivity contribution in [3.63, 3.8) is 0 Å². The maximum atomic E-state index is 13.8. The second-order valence-electron chi connectivity index (χ2n) is 5.70. The summed E-state index contributed by atoms with van der Waals surface area (Å²) >= 11 is 0. The molecule has 1 fully saturated rings. The molecule has 1 aliphatic rings. The van der Waals surface area contributed by atoms with Gasteiger partial charge in [-0.05, 0) is 25.0 Å². The number of para-hydroxylation sites is 1. The molecule has 23 heavy (non-hydrogen) atoms. The van der Waals surface area contributed by atoms with Crippen LogP contribution in [-0.4, -0.2) is 33.2 Å². The zero-order valence-corrected chi connectivity index (χ0v) is 13.7. The molecule has 1 aromatic carbocycles. The molecule has 1 N–H and O–H groups in total. The molecule has 1 aliphatic carbocycles. The van der Waals surface area contributed by atoms with Gasteiger partial charge in [0.1, 0.15) is 5.69 Å². The fraction of sp³-hybridized carbons (Fsp3) is 0.533. The molecule has 0 heterocycles. The lowest BCUT2D eigenvalue weighted by Crippen LogP contribution is -2.38. The van der Waals surface area contributed by atoms with Gasteiger partial charge in [-0.3, -0.25) is 9.10 Å². The van der Waals surface area contributed by atoms with Crippen molar-refractivity contribution in [1.29, 1.82) is 0 Å². The molecule has 1 saturated carbocycles. The van der Waals surface area contributed by atoms with Crippen LogP contribution in [0.3, 0.4) is 0 Å². The van der Waals surface area contributed by atoms with E-state index in [1.54, 1.807) is 0 Å². The van der Waals surface area contributed by atoms with Gasteiger partial charge in [0.05, 0.1) is 6.26 Å². The fourth-order valence-electron chi connectivity index (χ4n) is 2.74. The van der Waals surface area contributed by atoms with Gasteiger partial charge in [-0.1, -0.05) is 18.9 Å². The number of amides is 1. The molecule has 0 bridgehead atoms. The summed E-state index contributed by atoms with van der Waals surface area (Å²) in [6.45, 7) is -0.310. The molecule has 2 rings (SSSR count). The van der Waals surface area contributed by atoms with Crippen LogP contribution in [0, 0.1) is 11.6 Å². The van der Waals surface area contributed by atoms with Crippen molar-refractivity contribution in [2.24, 2.45) is 0 Å². The predicted octanol–water partition coefficient (Wildman–Crippen LogP) is 2.18. The van der Waals surface area contributed by atoms with Crippen molar-refractivity contribution in [2.75, 3.05) is 17.1 Å². The maximum absolute atomic E-state index is 13.8. The van der Waals surface area contributed by atoms with E-state index in [1.165, 1.54) is 0 Å². The van der Waals surface area contributed by atoms with Gasteiger partial charge in [-0.25, -0.2) is 17.2 Å². The van der Waals surface area contributed by atoms with Gasteiger partial charge in [0.25, 0.3) is 0 Å². The normalized spacial score (nSPS) is 15.6. The zero-order valence-electron chi connectivity index (χ0n) is 12.9. The number of nitrogens with one attached hydrogen (secondary N) is 1. The molecule has 8 heteroatoms. The van der Waals surface area contributed by atoms with E-state index in [0.717, 1.165) is 50.1 Å². The number of benzene rings is 1.